The van der Waals surface area contributed by atoms with Gasteiger partial charge in [-0.25, -0.2) is 4.79 Å². The number of carbonyl (C=O) groups is 1. The van der Waals surface area contributed by atoms with Gasteiger partial charge in [-0.1, -0.05) is 104 Å². The number of aliphatic hydroxyl groups excluding tert-OH is 1. The zero-order valence-electron chi connectivity index (χ0n) is 21.1. The first-order valence-electron chi connectivity index (χ1n) is 13.1. The molecule has 0 bridgehead atoms. The number of anilines is 1. The standard InChI is InChI=1S/C28H49NO3/c1-4-5-6-7-8-9-10-11-12-13-14-15-16-17-22-29-26-20-18-25(19-21-26)27(31)32-24-28(2,3)23-30/h18-21,29-30H,4-17,22-24H2,1-3H3. The molecular formula is C28H49NO3. The predicted octanol–water partition coefficient (Wildman–Crippen LogP) is 7.76. The van der Waals surface area contributed by atoms with E-state index in [1.54, 1.807) is 12.1 Å². The number of carbonyl (C=O) groups excluding carboxylic acids is 1. The first-order chi connectivity index (χ1) is 15.5. The van der Waals surface area contributed by atoms with Gasteiger partial charge in [-0.15, -0.1) is 0 Å². The number of benzene rings is 1. The number of nitrogens with one attached hydrogen (secondary N) is 1. The van der Waals surface area contributed by atoms with E-state index in [9.17, 15) is 9.90 Å². The van der Waals surface area contributed by atoms with Crippen molar-refractivity contribution in [3.63, 3.8) is 0 Å². The van der Waals surface area contributed by atoms with Gasteiger partial charge < -0.3 is 15.2 Å². The third kappa shape index (κ3) is 14.5. The van der Waals surface area contributed by atoms with Crippen molar-refractivity contribution in [1.29, 1.82) is 0 Å². The summed E-state index contributed by atoms with van der Waals surface area (Å²) < 4.78 is 5.29. The van der Waals surface area contributed by atoms with Crippen LogP contribution in [0.3, 0.4) is 0 Å². The fourth-order valence-electron chi connectivity index (χ4n) is 3.67. The molecule has 0 spiro atoms. The normalized spacial score (nSPS) is 11.5. The highest BCUT2D eigenvalue weighted by Crippen LogP contribution is 2.17. The molecule has 1 aromatic carbocycles. The number of unbranched alkanes of at least 4 members (excludes halogenated alkanes) is 13. The van der Waals surface area contributed by atoms with E-state index in [2.05, 4.69) is 12.2 Å². The highest BCUT2D eigenvalue weighted by atomic mass is 16.5. The maximum Gasteiger partial charge on any atom is 0.338 e. The maximum absolute atomic E-state index is 12.1. The molecule has 0 atom stereocenters. The van der Waals surface area contributed by atoms with E-state index in [0.717, 1.165) is 12.2 Å². The average molecular weight is 448 g/mol. The van der Waals surface area contributed by atoms with Crippen LogP contribution in [0, 0.1) is 5.41 Å². The lowest BCUT2D eigenvalue weighted by Crippen LogP contribution is -2.25. The minimum absolute atomic E-state index is 0.0115. The molecule has 0 aliphatic rings. The molecule has 0 unspecified atom stereocenters. The molecular weight excluding hydrogens is 398 g/mol. The van der Waals surface area contributed by atoms with Gasteiger partial charge in [0, 0.05) is 17.6 Å². The van der Waals surface area contributed by atoms with E-state index < -0.39 is 5.41 Å². The Labute approximate surface area is 197 Å². The lowest BCUT2D eigenvalue weighted by molar-refractivity contribution is 0.0219. The second-order valence-corrected chi connectivity index (χ2v) is 10.00. The Kier molecular flexibility index (Phi) is 16.0. The molecule has 184 valence electrons. The second kappa shape index (κ2) is 17.9. The molecule has 0 saturated heterocycles. The SMILES string of the molecule is CCCCCCCCCCCCCCCCNc1ccc(C(=O)OCC(C)(C)CO)cc1. The first kappa shape index (κ1) is 28.5. The van der Waals surface area contributed by atoms with Crippen LogP contribution in [0.4, 0.5) is 5.69 Å². The molecule has 2 N–H and O–H groups in total. The Morgan fingerprint density at radius 3 is 1.75 bits per heavy atom. The molecule has 0 aliphatic heterocycles. The lowest BCUT2D eigenvalue weighted by atomic mass is 9.96. The third-order valence-electron chi connectivity index (χ3n) is 6.00. The van der Waals surface area contributed by atoms with Crippen molar-refractivity contribution in [3.8, 4) is 0 Å². The van der Waals surface area contributed by atoms with Gasteiger partial charge in [0.05, 0.1) is 18.8 Å². The third-order valence-corrected chi connectivity index (χ3v) is 6.00. The van der Waals surface area contributed by atoms with Crippen LogP contribution in [0.15, 0.2) is 24.3 Å². The molecule has 0 aromatic heterocycles. The van der Waals surface area contributed by atoms with Crippen molar-refractivity contribution >= 4 is 11.7 Å². The Morgan fingerprint density at radius 2 is 1.28 bits per heavy atom. The number of ether oxygens (including phenoxy) is 1. The van der Waals surface area contributed by atoms with Crippen molar-refractivity contribution in [2.45, 2.75) is 111 Å². The van der Waals surface area contributed by atoms with Crippen molar-refractivity contribution in [1.82, 2.24) is 0 Å². The Hall–Kier alpha value is -1.55. The van der Waals surface area contributed by atoms with Gasteiger partial charge in [0.1, 0.15) is 0 Å². The van der Waals surface area contributed by atoms with Crippen LogP contribution < -0.4 is 5.32 Å². The van der Waals surface area contributed by atoms with Crippen LogP contribution in [0.1, 0.15) is 121 Å². The van der Waals surface area contributed by atoms with Gasteiger partial charge in [-0.3, -0.25) is 0 Å². The lowest BCUT2D eigenvalue weighted by Gasteiger charge is -2.20. The Bertz CT molecular complexity index is 583. The molecule has 4 heteroatoms. The molecule has 1 aromatic rings. The van der Waals surface area contributed by atoms with Gasteiger partial charge in [0.25, 0.3) is 0 Å². The summed E-state index contributed by atoms with van der Waals surface area (Å²) in [5.74, 6) is -0.343. The number of rotatable bonds is 20. The van der Waals surface area contributed by atoms with Gasteiger partial charge in [0.15, 0.2) is 0 Å². The monoisotopic (exact) mass is 447 g/mol. The molecule has 0 fully saturated rings. The van der Waals surface area contributed by atoms with E-state index in [0.29, 0.717) is 5.56 Å². The summed E-state index contributed by atoms with van der Waals surface area (Å²) in [7, 11) is 0. The summed E-state index contributed by atoms with van der Waals surface area (Å²) in [5, 5.41) is 12.7. The first-order valence-corrected chi connectivity index (χ1v) is 13.1. The van der Waals surface area contributed by atoms with Crippen molar-refractivity contribution < 1.29 is 14.6 Å². The molecule has 0 aliphatic carbocycles. The van der Waals surface area contributed by atoms with Gasteiger partial charge in [-0.05, 0) is 30.7 Å². The largest absolute Gasteiger partial charge is 0.461 e. The van der Waals surface area contributed by atoms with Crippen LogP contribution in [-0.4, -0.2) is 30.8 Å². The molecule has 0 amide bonds. The van der Waals surface area contributed by atoms with Gasteiger partial charge in [0.2, 0.25) is 0 Å². The zero-order chi connectivity index (χ0) is 23.5. The number of esters is 1. The number of hydrogen-bond acceptors (Lipinski definition) is 4. The van der Waals surface area contributed by atoms with E-state index in [-0.39, 0.29) is 19.2 Å². The Morgan fingerprint density at radius 1 is 0.812 bits per heavy atom. The van der Waals surface area contributed by atoms with Gasteiger partial charge in [-0.2, -0.15) is 0 Å². The molecule has 32 heavy (non-hydrogen) atoms. The zero-order valence-corrected chi connectivity index (χ0v) is 21.1. The van der Waals surface area contributed by atoms with E-state index in [1.165, 1.54) is 89.9 Å². The minimum Gasteiger partial charge on any atom is -0.461 e. The highest BCUT2D eigenvalue weighted by molar-refractivity contribution is 5.89. The molecule has 4 nitrogen and oxygen atoms in total. The van der Waals surface area contributed by atoms with Crippen LogP contribution >= 0.6 is 0 Å². The molecule has 0 radical (unpaired) electrons. The number of aliphatic hydroxyl groups is 1. The van der Waals surface area contributed by atoms with Crippen molar-refractivity contribution in [2.24, 2.45) is 5.41 Å². The fourth-order valence-corrected chi connectivity index (χ4v) is 3.67. The van der Waals surface area contributed by atoms with E-state index in [4.69, 9.17) is 4.74 Å². The quantitative estimate of drug-likeness (QED) is 0.158. The smallest absolute Gasteiger partial charge is 0.338 e. The minimum atomic E-state index is -0.412. The summed E-state index contributed by atoms with van der Waals surface area (Å²) >= 11 is 0. The molecule has 0 saturated carbocycles. The summed E-state index contributed by atoms with van der Waals surface area (Å²) in [6.07, 6.45) is 19.2. The second-order valence-electron chi connectivity index (χ2n) is 10.00. The fraction of sp³-hybridized carbons (Fsp3) is 0.750. The average Bonchev–Trinajstić information content (AvgIpc) is 2.80. The molecule has 0 heterocycles. The van der Waals surface area contributed by atoms with Gasteiger partial charge >= 0.3 is 5.97 Å². The highest BCUT2D eigenvalue weighted by Gasteiger charge is 2.19. The topological polar surface area (TPSA) is 58.6 Å². The van der Waals surface area contributed by atoms with Crippen LogP contribution in [0.25, 0.3) is 0 Å². The maximum atomic E-state index is 12.1. The van der Waals surface area contributed by atoms with Crippen molar-refractivity contribution in [2.75, 3.05) is 25.1 Å². The summed E-state index contributed by atoms with van der Waals surface area (Å²) in [6.45, 7) is 7.17. The van der Waals surface area contributed by atoms with Crippen LogP contribution in [-0.2, 0) is 4.74 Å². The summed E-state index contributed by atoms with van der Waals surface area (Å²) in [4.78, 5) is 12.1. The summed E-state index contributed by atoms with van der Waals surface area (Å²) in [6, 6.07) is 7.44. The summed E-state index contributed by atoms with van der Waals surface area (Å²) in [5.41, 5.74) is 1.16. The number of hydrogen-bond donors (Lipinski definition) is 2. The van der Waals surface area contributed by atoms with E-state index >= 15 is 0 Å². The molecule has 1 rings (SSSR count). The predicted molar refractivity (Wildman–Crippen MR) is 136 cm³/mol. The Balaban J connectivity index is 1.98. The van der Waals surface area contributed by atoms with Crippen LogP contribution in [0.2, 0.25) is 0 Å². The van der Waals surface area contributed by atoms with Crippen molar-refractivity contribution in [3.05, 3.63) is 29.8 Å². The van der Waals surface area contributed by atoms with E-state index in [1.807, 2.05) is 26.0 Å². The van der Waals surface area contributed by atoms with Crippen LogP contribution in [0.5, 0.6) is 0 Å².